The highest BCUT2D eigenvalue weighted by Gasteiger charge is 2.14. The Morgan fingerprint density at radius 2 is 1.59 bits per heavy atom. The average molecular weight is 291 g/mol. The maximum atomic E-state index is 9.16. The van der Waals surface area contributed by atoms with E-state index in [-0.39, 0.29) is 0 Å². The summed E-state index contributed by atoms with van der Waals surface area (Å²) in [5.41, 5.74) is 1.98. The van der Waals surface area contributed by atoms with E-state index in [2.05, 4.69) is 15.9 Å². The molecule has 17 heavy (non-hydrogen) atoms. The smallest absolute Gasteiger partial charge is 0.456 e. The molecule has 0 saturated carbocycles. The Bertz CT molecular complexity index is 705. The van der Waals surface area contributed by atoms with E-state index < -0.39 is 7.12 Å². The van der Waals surface area contributed by atoms with E-state index in [4.69, 9.17) is 14.5 Å². The van der Waals surface area contributed by atoms with Crippen molar-refractivity contribution >= 4 is 50.4 Å². The number of hydrogen-bond acceptors (Lipinski definition) is 3. The first-order valence-corrected chi connectivity index (χ1v) is 5.92. The second-order valence-electron chi connectivity index (χ2n) is 3.87. The summed E-state index contributed by atoms with van der Waals surface area (Å²) in [6, 6.07) is 10.9. The van der Waals surface area contributed by atoms with E-state index in [0.717, 1.165) is 26.4 Å². The van der Waals surface area contributed by atoms with Crippen molar-refractivity contribution in [2.75, 3.05) is 0 Å². The van der Waals surface area contributed by atoms with Gasteiger partial charge in [-0.2, -0.15) is 0 Å². The molecular formula is C12H8BBrO3. The van der Waals surface area contributed by atoms with Crippen molar-refractivity contribution < 1.29 is 14.5 Å². The van der Waals surface area contributed by atoms with Crippen molar-refractivity contribution in [1.29, 1.82) is 0 Å². The molecule has 0 saturated heterocycles. The zero-order valence-corrected chi connectivity index (χ0v) is 10.3. The van der Waals surface area contributed by atoms with Gasteiger partial charge in [0.25, 0.3) is 0 Å². The maximum absolute atomic E-state index is 9.16. The van der Waals surface area contributed by atoms with Crippen LogP contribution in [-0.4, -0.2) is 17.2 Å². The minimum Gasteiger partial charge on any atom is -0.456 e. The number of rotatable bonds is 1. The van der Waals surface area contributed by atoms with Gasteiger partial charge in [-0.05, 0) is 29.7 Å². The van der Waals surface area contributed by atoms with Crippen molar-refractivity contribution in [1.82, 2.24) is 0 Å². The first-order valence-electron chi connectivity index (χ1n) is 5.13. The van der Waals surface area contributed by atoms with Gasteiger partial charge in [-0.15, -0.1) is 0 Å². The van der Waals surface area contributed by atoms with Crippen molar-refractivity contribution in [3.8, 4) is 0 Å². The van der Waals surface area contributed by atoms with E-state index in [1.165, 1.54) is 0 Å². The highest BCUT2D eigenvalue weighted by Crippen LogP contribution is 2.30. The van der Waals surface area contributed by atoms with Crippen molar-refractivity contribution in [2.45, 2.75) is 0 Å². The van der Waals surface area contributed by atoms with Crippen LogP contribution in [0, 0.1) is 0 Å². The predicted octanol–water partition coefficient (Wildman–Crippen LogP) is 2.03. The summed E-state index contributed by atoms with van der Waals surface area (Å²) < 4.78 is 6.62. The molecule has 0 spiro atoms. The monoisotopic (exact) mass is 290 g/mol. The van der Waals surface area contributed by atoms with Crippen molar-refractivity contribution in [2.24, 2.45) is 0 Å². The van der Waals surface area contributed by atoms with Gasteiger partial charge in [0.2, 0.25) is 0 Å². The zero-order chi connectivity index (χ0) is 12.0. The summed E-state index contributed by atoms with van der Waals surface area (Å²) in [5.74, 6) is 0. The van der Waals surface area contributed by atoms with Crippen LogP contribution in [0.2, 0.25) is 0 Å². The molecule has 1 heterocycles. The summed E-state index contributed by atoms with van der Waals surface area (Å²) in [7, 11) is -1.46. The van der Waals surface area contributed by atoms with Crippen molar-refractivity contribution in [3.63, 3.8) is 0 Å². The van der Waals surface area contributed by atoms with E-state index in [1.807, 2.05) is 18.2 Å². The van der Waals surface area contributed by atoms with Crippen LogP contribution in [0.3, 0.4) is 0 Å². The van der Waals surface area contributed by atoms with Crippen LogP contribution in [0.15, 0.2) is 45.3 Å². The Balaban J connectivity index is 2.39. The van der Waals surface area contributed by atoms with Gasteiger partial charge in [0, 0.05) is 15.2 Å². The first kappa shape index (κ1) is 10.8. The molecular weight excluding hydrogens is 283 g/mol. The Hall–Kier alpha value is -1.30. The van der Waals surface area contributed by atoms with E-state index in [9.17, 15) is 0 Å². The third kappa shape index (κ3) is 1.76. The minimum atomic E-state index is -1.46. The standard InChI is InChI=1S/C12H8BBrO3/c14-8-2-4-12-10(6-8)9-5-7(13(15)16)1-3-11(9)17-12/h1-6,15-16H. The largest absolute Gasteiger partial charge is 0.488 e. The summed E-state index contributed by atoms with van der Waals surface area (Å²) in [6.45, 7) is 0. The molecule has 3 rings (SSSR count). The topological polar surface area (TPSA) is 53.6 Å². The third-order valence-electron chi connectivity index (χ3n) is 2.75. The highest BCUT2D eigenvalue weighted by atomic mass is 79.9. The van der Waals surface area contributed by atoms with Gasteiger partial charge in [-0.25, -0.2) is 0 Å². The van der Waals surface area contributed by atoms with E-state index >= 15 is 0 Å². The number of hydrogen-bond donors (Lipinski definition) is 2. The SMILES string of the molecule is OB(O)c1ccc2oc3ccc(Br)cc3c2c1. The van der Waals surface area contributed by atoms with Gasteiger partial charge in [-0.3, -0.25) is 0 Å². The van der Waals surface area contributed by atoms with Gasteiger partial charge in [0.05, 0.1) is 0 Å². The predicted molar refractivity (Wildman–Crippen MR) is 71.2 cm³/mol. The second kappa shape index (κ2) is 3.87. The number of furan rings is 1. The van der Waals surface area contributed by atoms with Crippen LogP contribution in [0.25, 0.3) is 21.9 Å². The lowest BCUT2D eigenvalue weighted by atomic mass is 9.80. The lowest BCUT2D eigenvalue weighted by molar-refractivity contribution is 0.426. The molecule has 1 aromatic heterocycles. The zero-order valence-electron chi connectivity index (χ0n) is 8.72. The molecule has 0 aliphatic rings. The van der Waals surface area contributed by atoms with Crippen LogP contribution in [0.4, 0.5) is 0 Å². The molecule has 2 N–H and O–H groups in total. The lowest BCUT2D eigenvalue weighted by Crippen LogP contribution is -2.29. The van der Waals surface area contributed by atoms with Crippen LogP contribution < -0.4 is 5.46 Å². The molecule has 0 unspecified atom stereocenters. The molecule has 0 radical (unpaired) electrons. The van der Waals surface area contributed by atoms with E-state index in [0.29, 0.717) is 5.46 Å². The molecule has 3 aromatic rings. The molecule has 5 heteroatoms. The van der Waals surface area contributed by atoms with Gasteiger partial charge in [-0.1, -0.05) is 28.1 Å². The molecule has 0 aliphatic heterocycles. The molecule has 0 aliphatic carbocycles. The van der Waals surface area contributed by atoms with Crippen LogP contribution in [-0.2, 0) is 0 Å². The van der Waals surface area contributed by atoms with Gasteiger partial charge in [0.1, 0.15) is 11.2 Å². The summed E-state index contributed by atoms with van der Waals surface area (Å²) in [4.78, 5) is 0. The van der Waals surface area contributed by atoms with Crippen LogP contribution >= 0.6 is 15.9 Å². The molecule has 0 bridgehead atoms. The fraction of sp³-hybridized carbons (Fsp3) is 0. The quantitative estimate of drug-likeness (QED) is 0.674. The first-order chi connectivity index (χ1) is 8.15. The average Bonchev–Trinajstić information content (AvgIpc) is 2.66. The maximum Gasteiger partial charge on any atom is 0.488 e. The van der Waals surface area contributed by atoms with Crippen molar-refractivity contribution in [3.05, 3.63) is 40.9 Å². The molecule has 3 nitrogen and oxygen atoms in total. The summed E-state index contributed by atoms with van der Waals surface area (Å²) in [5, 5.41) is 20.2. The third-order valence-corrected chi connectivity index (χ3v) is 3.25. The van der Waals surface area contributed by atoms with Crippen LogP contribution in [0.5, 0.6) is 0 Å². The Labute approximate surface area is 106 Å². The molecule has 0 atom stereocenters. The molecule has 84 valence electrons. The number of halogens is 1. The highest BCUT2D eigenvalue weighted by molar-refractivity contribution is 9.10. The Morgan fingerprint density at radius 3 is 2.29 bits per heavy atom. The summed E-state index contributed by atoms with van der Waals surface area (Å²) in [6.07, 6.45) is 0. The number of fused-ring (bicyclic) bond motifs is 3. The molecule has 0 amide bonds. The van der Waals surface area contributed by atoms with Gasteiger partial charge < -0.3 is 14.5 Å². The van der Waals surface area contributed by atoms with E-state index in [1.54, 1.807) is 18.2 Å². The Morgan fingerprint density at radius 1 is 0.941 bits per heavy atom. The van der Waals surface area contributed by atoms with Crippen LogP contribution in [0.1, 0.15) is 0 Å². The molecule has 0 fully saturated rings. The van der Waals surface area contributed by atoms with Gasteiger partial charge >= 0.3 is 7.12 Å². The fourth-order valence-electron chi connectivity index (χ4n) is 1.93. The van der Waals surface area contributed by atoms with Gasteiger partial charge in [0.15, 0.2) is 0 Å². The minimum absolute atomic E-state index is 0.458. The normalized spacial score (nSPS) is 11.2. The molecule has 2 aromatic carbocycles. The number of benzene rings is 2. The fourth-order valence-corrected chi connectivity index (χ4v) is 2.29. The lowest BCUT2D eigenvalue weighted by Gasteiger charge is -1.98. The second-order valence-corrected chi connectivity index (χ2v) is 4.79. The Kier molecular flexibility index (Phi) is 2.47. The summed E-state index contributed by atoms with van der Waals surface area (Å²) >= 11 is 3.41.